The molecule has 1 amide bonds. The minimum Gasteiger partial charge on any atom is -0.354 e. The van der Waals surface area contributed by atoms with Crippen molar-refractivity contribution in [1.82, 2.24) is 24.6 Å². The van der Waals surface area contributed by atoms with Gasteiger partial charge in [0.25, 0.3) is 5.56 Å². The smallest absolute Gasteiger partial charge is 0.276 e. The molecule has 2 aromatic heterocycles. The van der Waals surface area contributed by atoms with Crippen LogP contribution < -0.4 is 10.9 Å². The van der Waals surface area contributed by atoms with Crippen molar-refractivity contribution >= 4 is 28.3 Å². The number of carbonyl (C=O) groups excluding carboxylic acids is 1. The zero-order valence-electron chi connectivity index (χ0n) is 21.0. The Morgan fingerprint density at radius 1 is 1.20 bits per heavy atom. The SMILES string of the molecule is CC[C@H]1CCCCN1CCCNC(=O)Cn1ncc2c(C)n(Cc3ccccc3Cl)c(C)c2c1=O. The summed E-state index contributed by atoms with van der Waals surface area (Å²) in [5.41, 5.74) is 2.56. The van der Waals surface area contributed by atoms with Crippen LogP contribution in [0.25, 0.3) is 10.8 Å². The zero-order valence-corrected chi connectivity index (χ0v) is 21.8. The van der Waals surface area contributed by atoms with Gasteiger partial charge in [0.1, 0.15) is 6.54 Å². The van der Waals surface area contributed by atoms with Crippen LogP contribution in [-0.4, -0.2) is 50.8 Å². The lowest BCUT2D eigenvalue weighted by Crippen LogP contribution is -2.41. The molecule has 4 rings (SSSR count). The van der Waals surface area contributed by atoms with Crippen molar-refractivity contribution in [3.8, 4) is 0 Å². The molecule has 0 bridgehead atoms. The number of halogens is 1. The van der Waals surface area contributed by atoms with Gasteiger partial charge in [-0.3, -0.25) is 9.59 Å². The van der Waals surface area contributed by atoms with Gasteiger partial charge in [-0.2, -0.15) is 5.10 Å². The van der Waals surface area contributed by atoms with Gasteiger partial charge in [-0.05, 0) is 57.7 Å². The highest BCUT2D eigenvalue weighted by molar-refractivity contribution is 6.31. The first-order chi connectivity index (χ1) is 16.9. The lowest BCUT2D eigenvalue weighted by Gasteiger charge is -2.35. The minimum absolute atomic E-state index is 0.0791. The van der Waals surface area contributed by atoms with Crippen LogP contribution >= 0.6 is 11.6 Å². The monoisotopic (exact) mass is 497 g/mol. The van der Waals surface area contributed by atoms with Gasteiger partial charge in [-0.1, -0.05) is 43.1 Å². The number of carbonyl (C=O) groups is 1. The van der Waals surface area contributed by atoms with Crippen molar-refractivity contribution in [3.05, 3.63) is 62.8 Å². The number of nitrogens with zero attached hydrogens (tertiary/aromatic N) is 4. The first kappa shape index (κ1) is 25.5. The van der Waals surface area contributed by atoms with E-state index in [1.165, 1.54) is 30.4 Å². The number of amides is 1. The third kappa shape index (κ3) is 5.62. The Kier molecular flexibility index (Phi) is 8.29. The van der Waals surface area contributed by atoms with Gasteiger partial charge >= 0.3 is 0 Å². The van der Waals surface area contributed by atoms with E-state index in [2.05, 4.69) is 26.8 Å². The number of nitrogens with one attached hydrogen (secondary N) is 1. The van der Waals surface area contributed by atoms with Crippen LogP contribution in [0.15, 0.2) is 35.3 Å². The predicted molar refractivity (Wildman–Crippen MR) is 141 cm³/mol. The van der Waals surface area contributed by atoms with E-state index >= 15 is 0 Å². The van der Waals surface area contributed by atoms with E-state index in [0.29, 0.717) is 29.5 Å². The lowest BCUT2D eigenvalue weighted by molar-refractivity contribution is -0.121. The summed E-state index contributed by atoms with van der Waals surface area (Å²) in [6.07, 6.45) is 7.64. The van der Waals surface area contributed by atoms with Crippen LogP contribution in [0.2, 0.25) is 5.02 Å². The molecule has 7 nitrogen and oxygen atoms in total. The Bertz CT molecular complexity index is 1250. The fraction of sp³-hybridized carbons (Fsp3) is 0.519. The average molecular weight is 498 g/mol. The van der Waals surface area contributed by atoms with Crippen molar-refractivity contribution < 1.29 is 4.79 Å². The maximum Gasteiger partial charge on any atom is 0.276 e. The van der Waals surface area contributed by atoms with Crippen LogP contribution in [0.4, 0.5) is 0 Å². The van der Waals surface area contributed by atoms with Crippen LogP contribution in [0, 0.1) is 13.8 Å². The molecule has 1 atom stereocenters. The quantitative estimate of drug-likeness (QED) is 0.448. The number of hydrogen-bond acceptors (Lipinski definition) is 4. The maximum atomic E-state index is 13.2. The molecule has 1 aliphatic heterocycles. The topological polar surface area (TPSA) is 72.2 Å². The van der Waals surface area contributed by atoms with Crippen molar-refractivity contribution in [2.24, 2.45) is 0 Å². The molecule has 1 fully saturated rings. The van der Waals surface area contributed by atoms with Gasteiger partial charge in [0, 0.05) is 47.5 Å². The number of piperidine rings is 1. The van der Waals surface area contributed by atoms with E-state index in [1.807, 2.05) is 38.1 Å². The molecule has 35 heavy (non-hydrogen) atoms. The third-order valence-electron chi connectivity index (χ3n) is 7.35. The fourth-order valence-corrected chi connectivity index (χ4v) is 5.51. The Balaban J connectivity index is 1.41. The second-order valence-corrected chi connectivity index (χ2v) is 9.95. The minimum atomic E-state index is -0.240. The van der Waals surface area contributed by atoms with E-state index in [1.54, 1.807) is 6.20 Å². The molecule has 1 saturated heterocycles. The summed E-state index contributed by atoms with van der Waals surface area (Å²) in [5, 5.41) is 9.38. The van der Waals surface area contributed by atoms with Crippen molar-refractivity contribution in [2.45, 2.75) is 72.0 Å². The van der Waals surface area contributed by atoms with E-state index in [0.717, 1.165) is 41.8 Å². The normalized spacial score (nSPS) is 16.6. The van der Waals surface area contributed by atoms with Gasteiger partial charge in [-0.25, -0.2) is 4.68 Å². The molecule has 3 aromatic rings. The Labute approximate surface area is 212 Å². The van der Waals surface area contributed by atoms with Gasteiger partial charge in [-0.15, -0.1) is 0 Å². The molecule has 0 radical (unpaired) electrons. The Morgan fingerprint density at radius 2 is 2.00 bits per heavy atom. The van der Waals surface area contributed by atoms with E-state index in [4.69, 9.17) is 11.6 Å². The van der Waals surface area contributed by atoms with Crippen LogP contribution in [0.3, 0.4) is 0 Å². The van der Waals surface area contributed by atoms with Gasteiger partial charge in [0.2, 0.25) is 5.91 Å². The molecular weight excluding hydrogens is 462 g/mol. The molecule has 1 aromatic carbocycles. The van der Waals surface area contributed by atoms with E-state index in [9.17, 15) is 9.59 Å². The molecule has 1 aliphatic rings. The van der Waals surface area contributed by atoms with Gasteiger partial charge < -0.3 is 14.8 Å². The Morgan fingerprint density at radius 3 is 2.77 bits per heavy atom. The summed E-state index contributed by atoms with van der Waals surface area (Å²) in [6.45, 7) is 9.42. The first-order valence-electron chi connectivity index (χ1n) is 12.7. The molecule has 188 valence electrons. The summed E-state index contributed by atoms with van der Waals surface area (Å²) in [5.74, 6) is -0.186. The standard InChI is InChI=1S/C27H36ClN5O2/c1-4-22-11-7-8-14-31(22)15-9-13-29-25(34)18-33-27(35)26-20(3)32(19(2)23(26)16-30-33)17-21-10-5-6-12-24(21)28/h5-6,10,12,16,22H,4,7-9,11,13-15,17-18H2,1-3H3,(H,29,34)/t22-/m0/s1. The lowest BCUT2D eigenvalue weighted by atomic mass is 10.00. The van der Waals surface area contributed by atoms with Crippen molar-refractivity contribution in [2.75, 3.05) is 19.6 Å². The molecule has 0 saturated carbocycles. The highest BCUT2D eigenvalue weighted by atomic mass is 35.5. The number of likely N-dealkylation sites (tertiary alicyclic amines) is 1. The number of rotatable bonds is 9. The molecule has 8 heteroatoms. The Hall–Kier alpha value is -2.64. The number of benzene rings is 1. The third-order valence-corrected chi connectivity index (χ3v) is 7.72. The number of fused-ring (bicyclic) bond motifs is 1. The van der Waals surface area contributed by atoms with E-state index in [-0.39, 0.29) is 18.0 Å². The highest BCUT2D eigenvalue weighted by Crippen LogP contribution is 2.25. The van der Waals surface area contributed by atoms with Gasteiger partial charge in [0.15, 0.2) is 0 Å². The molecule has 1 N–H and O–H groups in total. The molecule has 3 heterocycles. The van der Waals surface area contributed by atoms with Crippen LogP contribution in [0.5, 0.6) is 0 Å². The predicted octanol–water partition coefficient (Wildman–Crippen LogP) is 4.29. The number of aryl methyl sites for hydroxylation is 2. The van der Waals surface area contributed by atoms with E-state index < -0.39 is 0 Å². The molecule has 0 unspecified atom stereocenters. The summed E-state index contributed by atoms with van der Waals surface area (Å²) in [4.78, 5) is 28.4. The largest absolute Gasteiger partial charge is 0.354 e. The zero-order chi connectivity index (χ0) is 24.9. The second kappa shape index (κ2) is 11.4. The van der Waals surface area contributed by atoms with Crippen molar-refractivity contribution in [1.29, 1.82) is 0 Å². The molecular formula is C27H36ClN5O2. The number of aromatic nitrogens is 3. The maximum absolute atomic E-state index is 13.2. The molecule has 0 spiro atoms. The molecule has 0 aliphatic carbocycles. The number of hydrogen-bond donors (Lipinski definition) is 1. The summed E-state index contributed by atoms with van der Waals surface area (Å²) in [7, 11) is 0. The second-order valence-electron chi connectivity index (χ2n) is 9.54. The fourth-order valence-electron chi connectivity index (χ4n) is 5.31. The van der Waals surface area contributed by atoms with Gasteiger partial charge in [0.05, 0.1) is 11.6 Å². The summed E-state index contributed by atoms with van der Waals surface area (Å²) < 4.78 is 3.35. The van der Waals surface area contributed by atoms with Crippen molar-refractivity contribution in [3.63, 3.8) is 0 Å². The van der Waals surface area contributed by atoms with Crippen LogP contribution in [0.1, 0.15) is 56.0 Å². The summed E-state index contributed by atoms with van der Waals surface area (Å²) in [6, 6.07) is 8.39. The first-order valence-corrected chi connectivity index (χ1v) is 13.1. The summed E-state index contributed by atoms with van der Waals surface area (Å²) >= 11 is 6.36. The van der Waals surface area contributed by atoms with Crippen LogP contribution in [-0.2, 0) is 17.9 Å². The highest BCUT2D eigenvalue weighted by Gasteiger charge is 2.20. The average Bonchev–Trinajstić information content (AvgIpc) is 3.10.